The second kappa shape index (κ2) is 5.84. The Morgan fingerprint density at radius 3 is 2.58 bits per heavy atom. The Morgan fingerprint density at radius 1 is 1.27 bits per heavy atom. The van der Waals surface area contributed by atoms with Crippen molar-refractivity contribution in [3.8, 4) is 0 Å². The highest BCUT2D eigenvalue weighted by atomic mass is 19.4. The van der Waals surface area contributed by atoms with Crippen LogP contribution in [-0.2, 0) is 6.18 Å². The van der Waals surface area contributed by atoms with Crippen molar-refractivity contribution in [2.75, 3.05) is 18.0 Å². The molecule has 0 radical (unpaired) electrons. The Balaban J connectivity index is 1.35. The molecule has 5 nitrogen and oxygen atoms in total. The average molecular weight is 365 g/mol. The number of aliphatic hydroxyl groups excluding tert-OH is 1. The zero-order chi connectivity index (χ0) is 18.5. The lowest BCUT2D eigenvalue weighted by atomic mass is 9.56. The van der Waals surface area contributed by atoms with Gasteiger partial charge >= 0.3 is 6.18 Å². The molecule has 1 saturated heterocycles. The van der Waals surface area contributed by atoms with E-state index in [0.717, 1.165) is 32.0 Å². The molecule has 1 unspecified atom stereocenters. The Hall–Kier alpha value is -2.35. The summed E-state index contributed by atoms with van der Waals surface area (Å²) in [6.45, 7) is 1.46. The van der Waals surface area contributed by atoms with Crippen LogP contribution in [0.1, 0.15) is 30.2 Å². The van der Waals surface area contributed by atoms with Gasteiger partial charge in [0.05, 0.1) is 18.0 Å². The minimum Gasteiger partial charge on any atom is -0.388 e. The molecule has 1 saturated carbocycles. The third-order valence-electron chi connectivity index (χ3n) is 5.47. The molecule has 0 aromatic carbocycles. The minimum absolute atomic E-state index is 0.0337. The van der Waals surface area contributed by atoms with Crippen molar-refractivity contribution >= 4 is 5.69 Å². The number of nitrogens with one attached hydrogen (secondary N) is 1. The zero-order valence-corrected chi connectivity index (χ0v) is 13.8. The minimum atomic E-state index is -4.43. The fraction of sp³-hybridized carbons (Fsp3) is 0.444. The Labute approximate surface area is 147 Å². The fourth-order valence-electron chi connectivity index (χ4n) is 4.13. The molecule has 2 aromatic rings. The number of aromatic amines is 1. The summed E-state index contributed by atoms with van der Waals surface area (Å²) in [6.07, 6.45) is 0.709. The van der Waals surface area contributed by atoms with Crippen LogP contribution in [0.4, 0.5) is 18.9 Å². The van der Waals surface area contributed by atoms with Gasteiger partial charge in [-0.1, -0.05) is 0 Å². The van der Waals surface area contributed by atoms with E-state index < -0.39 is 18.0 Å². The first-order valence-electron chi connectivity index (χ1n) is 8.41. The van der Waals surface area contributed by atoms with Gasteiger partial charge in [0, 0.05) is 42.5 Å². The van der Waals surface area contributed by atoms with Crippen LogP contribution < -0.4 is 10.3 Å². The normalized spacial score (nSPS) is 20.5. The van der Waals surface area contributed by atoms with Crippen LogP contribution in [0.25, 0.3) is 0 Å². The van der Waals surface area contributed by atoms with E-state index in [0.29, 0.717) is 11.3 Å². The molecular formula is C18H18F3N3O2. The summed E-state index contributed by atoms with van der Waals surface area (Å²) in [5, 5.41) is 10.4. The van der Waals surface area contributed by atoms with Crippen LogP contribution in [0.2, 0.25) is 0 Å². The topological polar surface area (TPSA) is 69.2 Å². The van der Waals surface area contributed by atoms with Gasteiger partial charge in [0.1, 0.15) is 5.69 Å². The molecule has 1 aliphatic carbocycles. The molecule has 1 aliphatic heterocycles. The quantitative estimate of drug-likeness (QED) is 0.878. The van der Waals surface area contributed by atoms with E-state index in [-0.39, 0.29) is 16.8 Å². The van der Waals surface area contributed by atoms with Crippen LogP contribution >= 0.6 is 0 Å². The van der Waals surface area contributed by atoms with E-state index in [4.69, 9.17) is 0 Å². The van der Waals surface area contributed by atoms with E-state index in [9.17, 15) is 23.1 Å². The summed E-state index contributed by atoms with van der Waals surface area (Å²) in [5.74, 6) is 0.0337. The molecule has 0 bridgehead atoms. The lowest BCUT2D eigenvalue weighted by Crippen LogP contribution is -2.63. The number of aromatic nitrogens is 2. The molecule has 1 spiro atoms. The summed E-state index contributed by atoms with van der Waals surface area (Å²) in [4.78, 5) is 20.1. The molecular weight excluding hydrogens is 347 g/mol. The SMILES string of the molecule is O=c1cc[nH]cc1C(O)C1CC2(C1)CN(c1ccc(C(F)(F)F)nc1)C2. The number of nitrogens with zero attached hydrogens (tertiary/aromatic N) is 2. The van der Waals surface area contributed by atoms with Gasteiger partial charge in [-0.05, 0) is 30.9 Å². The largest absolute Gasteiger partial charge is 0.433 e. The highest BCUT2D eigenvalue weighted by Gasteiger charge is 2.54. The number of alkyl halides is 3. The average Bonchev–Trinajstić information content (AvgIpc) is 2.52. The first-order chi connectivity index (χ1) is 12.3. The van der Waals surface area contributed by atoms with Gasteiger partial charge in [-0.2, -0.15) is 13.2 Å². The Bertz CT molecular complexity index is 849. The van der Waals surface area contributed by atoms with Gasteiger partial charge < -0.3 is 15.0 Å². The van der Waals surface area contributed by atoms with Crippen LogP contribution in [0, 0.1) is 11.3 Å². The van der Waals surface area contributed by atoms with Crippen molar-refractivity contribution in [2.24, 2.45) is 11.3 Å². The number of anilines is 1. The summed E-state index contributed by atoms with van der Waals surface area (Å²) in [6, 6.07) is 3.84. The van der Waals surface area contributed by atoms with Gasteiger partial charge in [0.15, 0.2) is 5.43 Å². The number of hydrogen-bond acceptors (Lipinski definition) is 4. The Kier molecular flexibility index (Phi) is 3.83. The molecule has 8 heteroatoms. The summed E-state index contributed by atoms with van der Waals surface area (Å²) in [5.41, 5.74) is 0.0675. The fourth-order valence-corrected chi connectivity index (χ4v) is 4.13. The number of halogens is 3. The first-order valence-corrected chi connectivity index (χ1v) is 8.41. The second-order valence-corrected chi connectivity index (χ2v) is 7.33. The smallest absolute Gasteiger partial charge is 0.388 e. The van der Waals surface area contributed by atoms with E-state index in [1.54, 1.807) is 6.20 Å². The van der Waals surface area contributed by atoms with E-state index in [1.165, 1.54) is 24.5 Å². The maximum Gasteiger partial charge on any atom is 0.433 e. The van der Waals surface area contributed by atoms with Gasteiger partial charge in [-0.25, -0.2) is 4.98 Å². The monoisotopic (exact) mass is 365 g/mol. The van der Waals surface area contributed by atoms with Crippen molar-refractivity contribution in [1.82, 2.24) is 9.97 Å². The summed E-state index contributed by atoms with van der Waals surface area (Å²) < 4.78 is 37.7. The highest BCUT2D eigenvalue weighted by molar-refractivity contribution is 5.49. The Morgan fingerprint density at radius 2 is 2.00 bits per heavy atom. The zero-order valence-electron chi connectivity index (χ0n) is 13.8. The van der Waals surface area contributed by atoms with Gasteiger partial charge in [0.2, 0.25) is 0 Å². The first kappa shape index (κ1) is 17.1. The maximum absolute atomic E-state index is 12.6. The number of rotatable bonds is 3. The molecule has 1 atom stereocenters. The van der Waals surface area contributed by atoms with E-state index >= 15 is 0 Å². The van der Waals surface area contributed by atoms with Crippen molar-refractivity contribution in [1.29, 1.82) is 0 Å². The van der Waals surface area contributed by atoms with Gasteiger partial charge in [-0.15, -0.1) is 0 Å². The van der Waals surface area contributed by atoms with Crippen molar-refractivity contribution in [2.45, 2.75) is 25.1 Å². The molecule has 3 heterocycles. The number of H-pyrrole nitrogens is 1. The predicted molar refractivity (Wildman–Crippen MR) is 88.6 cm³/mol. The van der Waals surface area contributed by atoms with Crippen molar-refractivity contribution < 1.29 is 18.3 Å². The van der Waals surface area contributed by atoms with Gasteiger partial charge in [-0.3, -0.25) is 4.79 Å². The molecule has 2 aromatic heterocycles. The summed E-state index contributed by atoms with van der Waals surface area (Å²) >= 11 is 0. The van der Waals surface area contributed by atoms with Crippen molar-refractivity contribution in [3.63, 3.8) is 0 Å². The molecule has 4 rings (SSSR count). The molecule has 2 N–H and O–H groups in total. The lowest BCUT2D eigenvalue weighted by Gasteiger charge is -2.60. The number of aliphatic hydroxyl groups is 1. The van der Waals surface area contributed by atoms with Gasteiger partial charge in [0.25, 0.3) is 0 Å². The van der Waals surface area contributed by atoms with Crippen LogP contribution in [-0.4, -0.2) is 28.2 Å². The number of pyridine rings is 2. The third-order valence-corrected chi connectivity index (χ3v) is 5.47. The molecule has 0 amide bonds. The van der Waals surface area contributed by atoms with E-state index in [1.807, 2.05) is 4.90 Å². The van der Waals surface area contributed by atoms with Crippen LogP contribution in [0.3, 0.4) is 0 Å². The lowest BCUT2D eigenvalue weighted by molar-refractivity contribution is -0.141. The maximum atomic E-state index is 12.6. The predicted octanol–water partition coefficient (Wildman–Crippen LogP) is 2.74. The van der Waals surface area contributed by atoms with Crippen molar-refractivity contribution in [3.05, 3.63) is 58.3 Å². The number of hydrogen-bond donors (Lipinski definition) is 2. The molecule has 138 valence electrons. The van der Waals surface area contributed by atoms with Crippen LogP contribution in [0.15, 0.2) is 41.6 Å². The third kappa shape index (κ3) is 2.88. The van der Waals surface area contributed by atoms with Crippen LogP contribution in [0.5, 0.6) is 0 Å². The molecule has 2 aliphatic rings. The molecule has 2 fully saturated rings. The highest BCUT2D eigenvalue weighted by Crippen LogP contribution is 2.56. The van der Waals surface area contributed by atoms with E-state index in [2.05, 4.69) is 9.97 Å². The molecule has 26 heavy (non-hydrogen) atoms. The second-order valence-electron chi connectivity index (χ2n) is 7.33. The standard InChI is InChI=1S/C18H18F3N3O2/c19-18(20,21)15-2-1-12(7-23-15)24-9-17(10-24)5-11(6-17)16(26)13-8-22-4-3-14(13)25/h1-4,7-8,11,16,26H,5-6,9-10H2,(H,22,25). The summed E-state index contributed by atoms with van der Waals surface area (Å²) in [7, 11) is 0.